The minimum absolute atomic E-state index is 0.285. The summed E-state index contributed by atoms with van der Waals surface area (Å²) in [5.74, 6) is 0. The quantitative estimate of drug-likeness (QED) is 0.830. The molecule has 5 heteroatoms. The zero-order valence-electron chi connectivity index (χ0n) is 9.00. The van der Waals surface area contributed by atoms with Crippen molar-refractivity contribution in [3.05, 3.63) is 28.0 Å². The minimum Gasteiger partial charge on any atom is -0.327 e. The van der Waals surface area contributed by atoms with Crippen molar-refractivity contribution in [1.29, 1.82) is 0 Å². The molecule has 0 bridgehead atoms. The monoisotopic (exact) mass is 259 g/mol. The summed E-state index contributed by atoms with van der Waals surface area (Å²) in [6.07, 6.45) is 4.01. The van der Waals surface area contributed by atoms with Gasteiger partial charge in [-0.3, -0.25) is 4.90 Å². The smallest absolute Gasteiger partial charge is 0.130 e. The molecule has 0 aliphatic carbocycles. The van der Waals surface area contributed by atoms with Crippen LogP contribution < -0.4 is 5.73 Å². The Morgan fingerprint density at radius 3 is 3.00 bits per heavy atom. The SMILES string of the molecule is NC1CCCN(Cc2cnc(Cl)cc2Cl)C1. The zero-order valence-corrected chi connectivity index (χ0v) is 10.5. The van der Waals surface area contributed by atoms with Crippen LogP contribution in [0, 0.1) is 0 Å². The lowest BCUT2D eigenvalue weighted by atomic mass is 10.1. The van der Waals surface area contributed by atoms with Crippen molar-refractivity contribution in [3.8, 4) is 0 Å². The number of likely N-dealkylation sites (tertiary alicyclic amines) is 1. The van der Waals surface area contributed by atoms with Gasteiger partial charge >= 0.3 is 0 Å². The molecule has 3 nitrogen and oxygen atoms in total. The Morgan fingerprint density at radius 1 is 1.50 bits per heavy atom. The third-order valence-electron chi connectivity index (χ3n) is 2.83. The van der Waals surface area contributed by atoms with Crippen LogP contribution in [0.2, 0.25) is 10.2 Å². The lowest BCUT2D eigenvalue weighted by Gasteiger charge is -2.30. The number of aromatic nitrogens is 1. The normalized spacial score (nSPS) is 22.3. The number of halogens is 2. The predicted molar refractivity (Wildman–Crippen MR) is 66.7 cm³/mol. The molecule has 1 fully saturated rings. The van der Waals surface area contributed by atoms with E-state index in [1.54, 1.807) is 12.3 Å². The van der Waals surface area contributed by atoms with Crippen molar-refractivity contribution < 1.29 is 0 Å². The molecule has 2 heterocycles. The fraction of sp³-hybridized carbons (Fsp3) is 0.545. The van der Waals surface area contributed by atoms with Gasteiger partial charge in [-0.25, -0.2) is 4.98 Å². The molecule has 1 aromatic rings. The Bertz CT molecular complexity index is 370. The first kappa shape index (κ1) is 12.1. The Balaban J connectivity index is 2.02. The van der Waals surface area contributed by atoms with Crippen LogP contribution in [0.25, 0.3) is 0 Å². The first-order valence-corrected chi connectivity index (χ1v) is 6.18. The van der Waals surface area contributed by atoms with E-state index in [9.17, 15) is 0 Å². The van der Waals surface area contributed by atoms with E-state index in [1.165, 1.54) is 0 Å². The van der Waals surface area contributed by atoms with E-state index in [0.717, 1.165) is 38.0 Å². The molecule has 1 aromatic heterocycles. The largest absolute Gasteiger partial charge is 0.327 e. The Kier molecular flexibility index (Phi) is 4.03. The van der Waals surface area contributed by atoms with Crippen LogP contribution in [0.3, 0.4) is 0 Å². The number of nitrogens with zero attached hydrogens (tertiary/aromatic N) is 2. The highest BCUT2D eigenvalue weighted by atomic mass is 35.5. The third kappa shape index (κ3) is 3.08. The number of piperidine rings is 1. The molecular formula is C11H15Cl2N3. The average molecular weight is 260 g/mol. The second kappa shape index (κ2) is 5.32. The standard InChI is InChI=1S/C11H15Cl2N3/c12-10-4-11(13)15-5-8(10)6-16-3-1-2-9(14)7-16/h4-5,9H,1-3,6-7,14H2. The van der Waals surface area contributed by atoms with Gasteiger partial charge in [0.2, 0.25) is 0 Å². The molecule has 88 valence electrons. The molecule has 2 N–H and O–H groups in total. The van der Waals surface area contributed by atoms with Crippen LogP contribution in [-0.2, 0) is 6.54 Å². The van der Waals surface area contributed by atoms with Gasteiger partial charge in [-0.2, -0.15) is 0 Å². The summed E-state index contributed by atoms with van der Waals surface area (Å²) < 4.78 is 0. The van der Waals surface area contributed by atoms with E-state index in [1.807, 2.05) is 0 Å². The number of rotatable bonds is 2. The molecular weight excluding hydrogens is 245 g/mol. The topological polar surface area (TPSA) is 42.1 Å². The summed E-state index contributed by atoms with van der Waals surface area (Å²) in [4.78, 5) is 6.36. The Hall–Kier alpha value is -0.350. The molecule has 0 saturated carbocycles. The average Bonchev–Trinajstić information content (AvgIpc) is 2.22. The lowest BCUT2D eigenvalue weighted by molar-refractivity contribution is 0.201. The van der Waals surface area contributed by atoms with E-state index in [-0.39, 0.29) is 6.04 Å². The van der Waals surface area contributed by atoms with Crippen molar-refractivity contribution in [3.63, 3.8) is 0 Å². The second-order valence-electron chi connectivity index (χ2n) is 4.24. The van der Waals surface area contributed by atoms with Crippen LogP contribution in [0.4, 0.5) is 0 Å². The summed E-state index contributed by atoms with van der Waals surface area (Å²) in [7, 11) is 0. The van der Waals surface area contributed by atoms with Crippen molar-refractivity contribution in [2.45, 2.75) is 25.4 Å². The molecule has 1 aliphatic rings. The zero-order chi connectivity index (χ0) is 11.5. The highest BCUT2D eigenvalue weighted by molar-refractivity contribution is 6.34. The van der Waals surface area contributed by atoms with Gasteiger partial charge in [0, 0.05) is 35.9 Å². The van der Waals surface area contributed by atoms with Crippen LogP contribution >= 0.6 is 23.2 Å². The van der Waals surface area contributed by atoms with Crippen molar-refractivity contribution in [2.24, 2.45) is 5.73 Å². The van der Waals surface area contributed by atoms with Gasteiger partial charge in [-0.05, 0) is 25.5 Å². The van der Waals surface area contributed by atoms with Crippen molar-refractivity contribution >= 4 is 23.2 Å². The molecule has 0 amide bonds. The van der Waals surface area contributed by atoms with E-state index >= 15 is 0 Å². The fourth-order valence-corrected chi connectivity index (χ4v) is 2.45. The molecule has 2 rings (SSSR count). The Morgan fingerprint density at radius 2 is 2.31 bits per heavy atom. The molecule has 1 aliphatic heterocycles. The molecule has 0 radical (unpaired) electrons. The molecule has 1 unspecified atom stereocenters. The van der Waals surface area contributed by atoms with Gasteiger partial charge in [0.25, 0.3) is 0 Å². The first-order valence-electron chi connectivity index (χ1n) is 5.43. The molecule has 16 heavy (non-hydrogen) atoms. The van der Waals surface area contributed by atoms with Crippen LogP contribution in [0.15, 0.2) is 12.3 Å². The van der Waals surface area contributed by atoms with Gasteiger partial charge in [0.15, 0.2) is 0 Å². The van der Waals surface area contributed by atoms with E-state index in [0.29, 0.717) is 10.2 Å². The fourth-order valence-electron chi connectivity index (χ4n) is 2.03. The molecule has 0 spiro atoms. The van der Waals surface area contributed by atoms with E-state index < -0.39 is 0 Å². The summed E-state index contributed by atoms with van der Waals surface area (Å²) in [6, 6.07) is 1.97. The van der Waals surface area contributed by atoms with Gasteiger partial charge in [-0.15, -0.1) is 0 Å². The lowest BCUT2D eigenvalue weighted by Crippen LogP contribution is -2.42. The maximum absolute atomic E-state index is 6.10. The van der Waals surface area contributed by atoms with E-state index in [4.69, 9.17) is 28.9 Å². The van der Waals surface area contributed by atoms with Gasteiger partial charge in [-0.1, -0.05) is 23.2 Å². The van der Waals surface area contributed by atoms with Crippen LogP contribution in [-0.4, -0.2) is 29.0 Å². The van der Waals surface area contributed by atoms with Gasteiger partial charge in [0.1, 0.15) is 5.15 Å². The summed E-state index contributed by atoms with van der Waals surface area (Å²) in [5, 5.41) is 1.11. The molecule has 1 saturated heterocycles. The van der Waals surface area contributed by atoms with E-state index in [2.05, 4.69) is 9.88 Å². The number of pyridine rings is 1. The van der Waals surface area contributed by atoms with Crippen LogP contribution in [0.5, 0.6) is 0 Å². The first-order chi connectivity index (χ1) is 7.65. The minimum atomic E-state index is 0.285. The van der Waals surface area contributed by atoms with Crippen molar-refractivity contribution in [1.82, 2.24) is 9.88 Å². The maximum atomic E-state index is 6.10. The summed E-state index contributed by atoms with van der Waals surface area (Å²) >= 11 is 11.9. The summed E-state index contributed by atoms with van der Waals surface area (Å²) in [5.41, 5.74) is 6.94. The maximum Gasteiger partial charge on any atom is 0.130 e. The third-order valence-corrected chi connectivity index (χ3v) is 3.39. The second-order valence-corrected chi connectivity index (χ2v) is 5.03. The molecule has 1 atom stereocenters. The predicted octanol–water partition coefficient (Wildman–Crippen LogP) is 2.31. The van der Waals surface area contributed by atoms with Gasteiger partial charge < -0.3 is 5.73 Å². The molecule has 0 aromatic carbocycles. The number of hydrogen-bond donors (Lipinski definition) is 1. The number of hydrogen-bond acceptors (Lipinski definition) is 3. The highest BCUT2D eigenvalue weighted by Gasteiger charge is 2.17. The Labute approximate surface area is 106 Å². The highest BCUT2D eigenvalue weighted by Crippen LogP contribution is 2.21. The number of nitrogens with two attached hydrogens (primary N) is 1. The summed E-state index contributed by atoms with van der Waals surface area (Å²) in [6.45, 7) is 2.81. The van der Waals surface area contributed by atoms with Crippen molar-refractivity contribution in [2.75, 3.05) is 13.1 Å². The van der Waals surface area contributed by atoms with Crippen LogP contribution in [0.1, 0.15) is 18.4 Å². The van der Waals surface area contributed by atoms with Gasteiger partial charge in [0.05, 0.1) is 0 Å².